The van der Waals surface area contributed by atoms with Gasteiger partial charge in [0.15, 0.2) is 5.69 Å². The van der Waals surface area contributed by atoms with Gasteiger partial charge in [-0.15, -0.1) is 11.3 Å². The van der Waals surface area contributed by atoms with E-state index in [0.29, 0.717) is 21.7 Å². The molecule has 0 atom stereocenters. The van der Waals surface area contributed by atoms with Crippen LogP contribution in [0.15, 0.2) is 72.1 Å². The summed E-state index contributed by atoms with van der Waals surface area (Å²) in [5.74, 6) is -1.13. The van der Waals surface area contributed by atoms with Gasteiger partial charge >= 0.3 is 12.1 Å². The maximum absolute atomic E-state index is 13.4. The van der Waals surface area contributed by atoms with Gasteiger partial charge in [0.2, 0.25) is 0 Å². The first-order chi connectivity index (χ1) is 15.8. The summed E-state index contributed by atoms with van der Waals surface area (Å²) in [5.41, 5.74) is 3.37. The largest absolute Gasteiger partial charge is 0.478 e. The highest BCUT2D eigenvalue weighted by molar-refractivity contribution is 7.13. The predicted molar refractivity (Wildman–Crippen MR) is 119 cm³/mol. The number of hydrogen-bond donors (Lipinski definition) is 2. The molecule has 4 aromatic rings. The average Bonchev–Trinajstić information content (AvgIpc) is 3.29. The van der Waals surface area contributed by atoms with Crippen molar-refractivity contribution in [3.63, 3.8) is 0 Å². The van der Waals surface area contributed by atoms with Crippen LogP contribution >= 0.6 is 11.3 Å². The number of aromatic nitrogens is 1. The fourth-order valence-corrected chi connectivity index (χ4v) is 4.36. The second-order valence-corrected chi connectivity index (χ2v) is 7.95. The molecule has 0 spiro atoms. The third kappa shape index (κ3) is 4.65. The van der Waals surface area contributed by atoms with Crippen molar-refractivity contribution in [2.45, 2.75) is 6.18 Å². The van der Waals surface area contributed by atoms with E-state index >= 15 is 0 Å². The van der Waals surface area contributed by atoms with Gasteiger partial charge in [0.1, 0.15) is 5.01 Å². The highest BCUT2D eigenvalue weighted by Crippen LogP contribution is 2.39. The summed E-state index contributed by atoms with van der Waals surface area (Å²) in [5, 5.41) is 11.8. The number of aromatic carboxylic acids is 1. The van der Waals surface area contributed by atoms with Crippen molar-refractivity contribution in [1.29, 1.82) is 0 Å². The maximum Gasteiger partial charge on any atom is 0.417 e. The minimum Gasteiger partial charge on any atom is -0.478 e. The Hall–Kier alpha value is -3.53. The van der Waals surface area contributed by atoms with Crippen LogP contribution in [0.1, 0.15) is 15.9 Å². The molecule has 0 unspecified atom stereocenters. The lowest BCUT2D eigenvalue weighted by Gasteiger charge is -2.11. The molecule has 4 rings (SSSR count). The van der Waals surface area contributed by atoms with E-state index in [1.54, 1.807) is 24.3 Å². The number of halogens is 3. The molecule has 0 fully saturated rings. The predicted octanol–water partition coefficient (Wildman–Crippen LogP) is 5.62. The summed E-state index contributed by atoms with van der Waals surface area (Å²) in [7, 11) is 1.51. The van der Waals surface area contributed by atoms with E-state index < -0.39 is 17.7 Å². The first-order valence-electron chi connectivity index (χ1n) is 9.75. The summed E-state index contributed by atoms with van der Waals surface area (Å²) < 4.78 is 40.2. The smallest absolute Gasteiger partial charge is 0.417 e. The van der Waals surface area contributed by atoms with Crippen LogP contribution in [0, 0.1) is 0 Å². The van der Waals surface area contributed by atoms with Gasteiger partial charge in [-0.2, -0.15) is 18.7 Å². The molecule has 0 aliphatic rings. The number of nitrogens with two attached hydrogens (primary N) is 1. The van der Waals surface area contributed by atoms with Crippen molar-refractivity contribution in [2.24, 2.45) is 0 Å². The Kier molecular flexibility index (Phi) is 6.28. The van der Waals surface area contributed by atoms with E-state index in [4.69, 9.17) is 4.84 Å². The Labute approximate surface area is 191 Å². The molecule has 0 saturated heterocycles. The van der Waals surface area contributed by atoms with Gasteiger partial charge in [-0.3, -0.25) is 0 Å². The number of carboxylic acid groups (broad SMARTS) is 1. The van der Waals surface area contributed by atoms with Crippen LogP contribution < -0.4 is 5.48 Å². The molecule has 1 aromatic heterocycles. The van der Waals surface area contributed by atoms with E-state index in [-0.39, 0.29) is 16.8 Å². The molecule has 0 saturated carbocycles. The van der Waals surface area contributed by atoms with Gasteiger partial charge < -0.3 is 5.11 Å². The van der Waals surface area contributed by atoms with Gasteiger partial charge in [-0.25, -0.2) is 14.6 Å². The molecule has 0 radical (unpaired) electrons. The number of benzene rings is 3. The Bertz CT molecular complexity index is 1320. The van der Waals surface area contributed by atoms with E-state index in [2.05, 4.69) is 4.98 Å². The molecule has 0 aliphatic carbocycles. The zero-order chi connectivity index (χ0) is 23.6. The fraction of sp³-hybridized carbons (Fsp3) is 0.0833. The normalized spacial score (nSPS) is 11.5. The van der Waals surface area contributed by atoms with Crippen LogP contribution in [0.3, 0.4) is 0 Å². The minimum atomic E-state index is -4.51. The lowest BCUT2D eigenvalue weighted by atomic mass is 9.96. The Morgan fingerprint density at radius 2 is 1.70 bits per heavy atom. The lowest BCUT2D eigenvalue weighted by molar-refractivity contribution is -0.829. The van der Waals surface area contributed by atoms with Crippen LogP contribution in [0.2, 0.25) is 0 Å². The standard InChI is InChI=1S/C24H17F3N2O3S/c1-32-29-20-9-5-3-6-16(20)15-11-10-14(12-18(15)23(30)31)22-28-21(13-33-22)17-7-2-4-8-19(17)24(25,26)27/h2-13,29H,1H3,(H,30,31)/p+1. The van der Waals surface area contributed by atoms with Crippen molar-refractivity contribution in [3.05, 3.63) is 83.2 Å². The topological polar surface area (TPSA) is 76.0 Å². The fourth-order valence-electron chi connectivity index (χ4n) is 3.54. The molecular weight excluding hydrogens is 453 g/mol. The maximum atomic E-state index is 13.4. The van der Waals surface area contributed by atoms with Crippen LogP contribution in [0.4, 0.5) is 18.9 Å². The number of quaternary nitrogens is 1. The number of nitrogens with zero attached hydrogens (tertiary/aromatic N) is 1. The lowest BCUT2D eigenvalue weighted by Crippen LogP contribution is -2.76. The molecule has 168 valence electrons. The molecule has 0 bridgehead atoms. The van der Waals surface area contributed by atoms with Gasteiger partial charge in [0.05, 0.1) is 23.9 Å². The Morgan fingerprint density at radius 3 is 2.39 bits per heavy atom. The quantitative estimate of drug-likeness (QED) is 0.283. The van der Waals surface area contributed by atoms with Crippen LogP contribution in [-0.2, 0) is 11.0 Å². The Morgan fingerprint density at radius 1 is 1.00 bits per heavy atom. The van der Waals surface area contributed by atoms with E-state index in [9.17, 15) is 23.1 Å². The summed E-state index contributed by atoms with van der Waals surface area (Å²) in [6, 6.07) is 17.3. The highest BCUT2D eigenvalue weighted by Gasteiger charge is 2.34. The summed E-state index contributed by atoms with van der Waals surface area (Å²) in [6.45, 7) is 0. The van der Waals surface area contributed by atoms with Crippen molar-refractivity contribution < 1.29 is 33.4 Å². The molecule has 3 aromatic carbocycles. The molecule has 3 N–H and O–H groups in total. The first kappa shape index (κ1) is 22.7. The summed E-state index contributed by atoms with van der Waals surface area (Å²) in [6.07, 6.45) is -4.51. The van der Waals surface area contributed by atoms with Crippen molar-refractivity contribution in [3.8, 4) is 33.0 Å². The number of carbonyl (C=O) groups is 1. The molecule has 1 heterocycles. The zero-order valence-corrected chi connectivity index (χ0v) is 18.1. The van der Waals surface area contributed by atoms with Gasteiger partial charge in [-0.05, 0) is 18.2 Å². The van der Waals surface area contributed by atoms with Crippen molar-refractivity contribution in [2.75, 3.05) is 7.11 Å². The highest BCUT2D eigenvalue weighted by atomic mass is 32.1. The van der Waals surface area contributed by atoms with Crippen LogP contribution in [-0.4, -0.2) is 23.2 Å². The van der Waals surface area contributed by atoms with Crippen molar-refractivity contribution >= 4 is 23.0 Å². The number of alkyl halides is 3. The minimum absolute atomic E-state index is 0.0217. The zero-order valence-electron chi connectivity index (χ0n) is 17.3. The molecule has 33 heavy (non-hydrogen) atoms. The van der Waals surface area contributed by atoms with Crippen molar-refractivity contribution in [1.82, 2.24) is 4.98 Å². The van der Waals surface area contributed by atoms with Crippen LogP contribution in [0.25, 0.3) is 33.0 Å². The third-order valence-corrected chi connectivity index (χ3v) is 5.90. The van der Waals surface area contributed by atoms with E-state index in [1.807, 2.05) is 12.1 Å². The van der Waals surface area contributed by atoms with Crippen LogP contribution in [0.5, 0.6) is 0 Å². The first-order valence-corrected chi connectivity index (χ1v) is 10.6. The van der Waals surface area contributed by atoms with Gasteiger partial charge in [0.25, 0.3) is 0 Å². The summed E-state index contributed by atoms with van der Waals surface area (Å²) >= 11 is 1.15. The van der Waals surface area contributed by atoms with Gasteiger partial charge in [-0.1, -0.05) is 42.5 Å². The molecule has 5 nitrogen and oxygen atoms in total. The van der Waals surface area contributed by atoms with Gasteiger partial charge in [0, 0.05) is 33.7 Å². The number of carboxylic acids is 1. The van der Waals surface area contributed by atoms with E-state index in [0.717, 1.165) is 23.1 Å². The second kappa shape index (κ2) is 9.14. The summed E-state index contributed by atoms with van der Waals surface area (Å²) in [4.78, 5) is 21.5. The Balaban J connectivity index is 1.77. The SMILES string of the molecule is CO[NH2+]c1ccccc1-c1ccc(-c2nc(-c3ccccc3C(F)(F)F)cs2)cc1C(=O)O. The second-order valence-electron chi connectivity index (χ2n) is 7.09. The molecule has 9 heteroatoms. The molecule has 0 amide bonds. The average molecular weight is 471 g/mol. The number of thiazole rings is 1. The van der Waals surface area contributed by atoms with E-state index in [1.165, 1.54) is 42.2 Å². The molecular formula is C24H18F3N2O3S+. The number of hydrogen-bond acceptors (Lipinski definition) is 4. The third-order valence-electron chi connectivity index (χ3n) is 5.01. The monoisotopic (exact) mass is 471 g/mol. The number of rotatable bonds is 6. The molecule has 0 aliphatic heterocycles.